The summed E-state index contributed by atoms with van der Waals surface area (Å²) in [5.74, 6) is -0.591. The number of rotatable bonds is 4. The monoisotopic (exact) mass is 260 g/mol. The Kier molecular flexibility index (Phi) is 3.55. The fourth-order valence-electron chi connectivity index (χ4n) is 1.88. The predicted octanol–water partition coefficient (Wildman–Crippen LogP) is 2.57. The van der Waals surface area contributed by atoms with Gasteiger partial charge < -0.3 is 9.84 Å². The zero-order chi connectivity index (χ0) is 14.0. The van der Waals surface area contributed by atoms with Gasteiger partial charge in [-0.25, -0.2) is 9.48 Å². The van der Waals surface area contributed by atoms with Crippen LogP contribution < -0.4 is 4.74 Å². The van der Waals surface area contributed by atoms with Gasteiger partial charge in [0.05, 0.1) is 11.7 Å². The topological polar surface area (TPSA) is 64.3 Å². The van der Waals surface area contributed by atoms with Crippen LogP contribution in [0.3, 0.4) is 0 Å². The molecule has 1 aromatic carbocycles. The van der Waals surface area contributed by atoms with E-state index in [9.17, 15) is 9.90 Å². The Bertz CT molecular complexity index is 588. The molecule has 0 bridgehead atoms. The van der Waals surface area contributed by atoms with Crippen LogP contribution in [0.1, 0.15) is 24.3 Å². The van der Waals surface area contributed by atoms with Crippen LogP contribution in [0.15, 0.2) is 30.3 Å². The molecule has 5 nitrogen and oxygen atoms in total. The first-order valence-electron chi connectivity index (χ1n) is 6.03. The molecule has 100 valence electrons. The fraction of sp³-hybridized carbons (Fsp3) is 0.286. The lowest BCUT2D eigenvalue weighted by Crippen LogP contribution is -2.09. The van der Waals surface area contributed by atoms with E-state index >= 15 is 0 Å². The lowest BCUT2D eigenvalue weighted by Gasteiger charge is -2.12. The van der Waals surface area contributed by atoms with Crippen LogP contribution in [0.4, 0.5) is 0 Å². The first kappa shape index (κ1) is 13.1. The van der Waals surface area contributed by atoms with Crippen LogP contribution in [0.25, 0.3) is 11.1 Å². The fourth-order valence-corrected chi connectivity index (χ4v) is 1.88. The van der Waals surface area contributed by atoms with E-state index in [0.29, 0.717) is 11.4 Å². The normalized spacial score (nSPS) is 10.7. The minimum Gasteiger partial charge on any atom is -0.476 e. The van der Waals surface area contributed by atoms with Crippen molar-refractivity contribution in [1.82, 2.24) is 9.78 Å². The predicted molar refractivity (Wildman–Crippen MR) is 71.4 cm³/mol. The molecule has 2 rings (SSSR count). The number of aromatic nitrogens is 2. The SMILES string of the molecule is CC(C)Oc1c(-c2ccccc2)c(C(=O)O)nn1C. The Morgan fingerprint density at radius 3 is 2.47 bits per heavy atom. The van der Waals surface area contributed by atoms with Gasteiger partial charge in [0, 0.05) is 7.05 Å². The van der Waals surface area contributed by atoms with Crippen molar-refractivity contribution >= 4 is 5.97 Å². The number of ether oxygens (including phenoxy) is 1. The van der Waals surface area contributed by atoms with Gasteiger partial charge in [0.1, 0.15) is 0 Å². The summed E-state index contributed by atoms with van der Waals surface area (Å²) >= 11 is 0. The number of benzene rings is 1. The number of carboxylic acids is 1. The van der Waals surface area contributed by atoms with Gasteiger partial charge in [0.15, 0.2) is 5.69 Å². The van der Waals surface area contributed by atoms with Crippen molar-refractivity contribution in [3.05, 3.63) is 36.0 Å². The zero-order valence-corrected chi connectivity index (χ0v) is 11.1. The number of aromatic carboxylic acids is 1. The molecule has 0 amide bonds. The van der Waals surface area contributed by atoms with Gasteiger partial charge in [-0.05, 0) is 19.4 Å². The highest BCUT2D eigenvalue weighted by Crippen LogP contribution is 2.33. The van der Waals surface area contributed by atoms with Crippen LogP contribution in [0, 0.1) is 0 Å². The summed E-state index contributed by atoms with van der Waals surface area (Å²) in [4.78, 5) is 11.3. The zero-order valence-electron chi connectivity index (χ0n) is 11.1. The molecule has 0 atom stereocenters. The van der Waals surface area contributed by atoms with E-state index in [2.05, 4.69) is 5.10 Å². The molecule has 2 aromatic rings. The highest BCUT2D eigenvalue weighted by atomic mass is 16.5. The Morgan fingerprint density at radius 2 is 1.95 bits per heavy atom. The standard InChI is InChI=1S/C14H16N2O3/c1-9(2)19-13-11(10-7-5-4-6-8-10)12(14(17)18)15-16(13)3/h4-9H,1-3H3,(H,17,18). The highest BCUT2D eigenvalue weighted by Gasteiger charge is 2.24. The number of aryl methyl sites for hydroxylation is 1. The summed E-state index contributed by atoms with van der Waals surface area (Å²) in [5, 5.41) is 13.3. The van der Waals surface area contributed by atoms with E-state index in [4.69, 9.17) is 4.74 Å². The molecule has 0 saturated heterocycles. The van der Waals surface area contributed by atoms with E-state index in [-0.39, 0.29) is 11.8 Å². The number of carbonyl (C=O) groups is 1. The van der Waals surface area contributed by atoms with E-state index in [0.717, 1.165) is 5.56 Å². The number of nitrogens with zero attached hydrogens (tertiary/aromatic N) is 2. The third-order valence-corrected chi connectivity index (χ3v) is 2.61. The summed E-state index contributed by atoms with van der Waals surface area (Å²) in [6.07, 6.45) is -0.0560. The molecule has 0 fully saturated rings. The van der Waals surface area contributed by atoms with Crippen LogP contribution >= 0.6 is 0 Å². The second-order valence-electron chi connectivity index (χ2n) is 4.49. The molecule has 0 saturated carbocycles. The molecule has 0 aliphatic carbocycles. The summed E-state index contributed by atoms with van der Waals surface area (Å²) in [6, 6.07) is 9.27. The maximum atomic E-state index is 11.3. The van der Waals surface area contributed by atoms with Crippen LogP contribution in [-0.4, -0.2) is 27.0 Å². The van der Waals surface area contributed by atoms with Gasteiger partial charge in [0.25, 0.3) is 0 Å². The molecule has 0 aliphatic rings. The van der Waals surface area contributed by atoms with Crippen molar-refractivity contribution in [3.63, 3.8) is 0 Å². The molecular weight excluding hydrogens is 244 g/mol. The largest absolute Gasteiger partial charge is 0.476 e. The summed E-state index contributed by atoms with van der Waals surface area (Å²) < 4.78 is 7.16. The molecule has 0 spiro atoms. The average Bonchev–Trinajstić information content (AvgIpc) is 2.68. The van der Waals surface area contributed by atoms with Gasteiger partial charge in [-0.2, -0.15) is 5.10 Å². The summed E-state index contributed by atoms with van der Waals surface area (Å²) in [6.45, 7) is 3.78. The quantitative estimate of drug-likeness (QED) is 0.917. The smallest absolute Gasteiger partial charge is 0.357 e. The van der Waals surface area contributed by atoms with E-state index in [1.54, 1.807) is 7.05 Å². The van der Waals surface area contributed by atoms with Crippen molar-refractivity contribution in [2.75, 3.05) is 0 Å². The molecule has 0 aliphatic heterocycles. The number of carboxylic acid groups (broad SMARTS) is 1. The van der Waals surface area contributed by atoms with Crippen molar-refractivity contribution in [3.8, 4) is 17.0 Å². The molecule has 0 unspecified atom stereocenters. The minimum absolute atomic E-state index is 0.00403. The minimum atomic E-state index is -1.06. The van der Waals surface area contributed by atoms with E-state index < -0.39 is 5.97 Å². The maximum absolute atomic E-state index is 11.3. The average molecular weight is 260 g/mol. The molecule has 1 heterocycles. The Balaban J connectivity index is 2.64. The van der Waals surface area contributed by atoms with Gasteiger partial charge in [0.2, 0.25) is 5.88 Å². The molecule has 5 heteroatoms. The molecule has 0 radical (unpaired) electrons. The van der Waals surface area contributed by atoms with Crippen molar-refractivity contribution in [2.24, 2.45) is 7.05 Å². The molecule has 1 N–H and O–H groups in total. The third kappa shape index (κ3) is 2.59. The van der Waals surface area contributed by atoms with Crippen molar-refractivity contribution < 1.29 is 14.6 Å². The van der Waals surface area contributed by atoms with E-state index in [1.807, 2.05) is 44.2 Å². The molecule has 19 heavy (non-hydrogen) atoms. The Labute approximate surface area is 111 Å². The van der Waals surface area contributed by atoms with Crippen LogP contribution in [0.5, 0.6) is 5.88 Å². The maximum Gasteiger partial charge on any atom is 0.357 e. The van der Waals surface area contributed by atoms with Gasteiger partial charge in [-0.1, -0.05) is 30.3 Å². The number of hydrogen-bond donors (Lipinski definition) is 1. The Morgan fingerprint density at radius 1 is 1.32 bits per heavy atom. The summed E-state index contributed by atoms with van der Waals surface area (Å²) in [7, 11) is 1.68. The van der Waals surface area contributed by atoms with Gasteiger partial charge >= 0.3 is 5.97 Å². The second kappa shape index (κ2) is 5.14. The third-order valence-electron chi connectivity index (χ3n) is 2.61. The first-order valence-corrected chi connectivity index (χ1v) is 6.03. The summed E-state index contributed by atoms with van der Waals surface area (Å²) in [5.41, 5.74) is 1.30. The Hall–Kier alpha value is -2.30. The van der Waals surface area contributed by atoms with Gasteiger partial charge in [-0.15, -0.1) is 0 Å². The van der Waals surface area contributed by atoms with E-state index in [1.165, 1.54) is 4.68 Å². The van der Waals surface area contributed by atoms with Crippen LogP contribution in [-0.2, 0) is 7.05 Å². The molecule has 1 aromatic heterocycles. The first-order chi connectivity index (χ1) is 9.00. The van der Waals surface area contributed by atoms with Crippen molar-refractivity contribution in [2.45, 2.75) is 20.0 Å². The highest BCUT2D eigenvalue weighted by molar-refractivity contribution is 5.95. The second-order valence-corrected chi connectivity index (χ2v) is 4.49. The van der Waals surface area contributed by atoms with Crippen molar-refractivity contribution in [1.29, 1.82) is 0 Å². The molecular formula is C14H16N2O3. The van der Waals surface area contributed by atoms with Gasteiger partial charge in [-0.3, -0.25) is 0 Å². The lowest BCUT2D eigenvalue weighted by atomic mass is 10.1. The van der Waals surface area contributed by atoms with Crippen LogP contribution in [0.2, 0.25) is 0 Å². The lowest BCUT2D eigenvalue weighted by molar-refractivity contribution is 0.0690. The number of hydrogen-bond acceptors (Lipinski definition) is 3.